The van der Waals surface area contributed by atoms with E-state index in [1.165, 1.54) is 0 Å². The van der Waals surface area contributed by atoms with Gasteiger partial charge in [-0.3, -0.25) is 9.78 Å². The van der Waals surface area contributed by atoms with Gasteiger partial charge in [-0.25, -0.2) is 0 Å². The quantitative estimate of drug-likeness (QED) is 0.682. The Hall–Kier alpha value is -3.06. The second kappa shape index (κ2) is 8.16. The molecule has 7 nitrogen and oxygen atoms in total. The lowest BCUT2D eigenvalue weighted by molar-refractivity contribution is -0.121. The Morgan fingerprint density at radius 2 is 1.88 bits per heavy atom. The van der Waals surface area contributed by atoms with Gasteiger partial charge in [0.2, 0.25) is 17.6 Å². The fraction of sp³-hybridized carbons (Fsp3) is 0.222. The first-order chi connectivity index (χ1) is 12.3. The second-order valence-corrected chi connectivity index (χ2v) is 5.45. The van der Waals surface area contributed by atoms with Gasteiger partial charge >= 0.3 is 0 Å². The zero-order valence-electron chi connectivity index (χ0n) is 13.6. The van der Waals surface area contributed by atoms with Crippen LogP contribution >= 0.6 is 0 Å². The van der Waals surface area contributed by atoms with Crippen molar-refractivity contribution in [3.63, 3.8) is 0 Å². The van der Waals surface area contributed by atoms with Gasteiger partial charge in [0.25, 0.3) is 0 Å². The molecule has 0 aliphatic rings. The van der Waals surface area contributed by atoms with Gasteiger partial charge < -0.3 is 14.9 Å². The molecule has 1 amide bonds. The molecule has 0 bridgehead atoms. The first kappa shape index (κ1) is 16.8. The number of hydrogen-bond donors (Lipinski definition) is 2. The Bertz CT molecular complexity index is 833. The van der Waals surface area contributed by atoms with E-state index < -0.39 is 0 Å². The molecule has 1 aromatic carbocycles. The van der Waals surface area contributed by atoms with Gasteiger partial charge in [0.1, 0.15) is 0 Å². The summed E-state index contributed by atoms with van der Waals surface area (Å²) in [6.45, 7) is 0.327. The molecule has 128 valence electrons. The number of aliphatic hydroxyl groups is 1. The molecule has 7 heteroatoms. The van der Waals surface area contributed by atoms with Crippen molar-refractivity contribution in [1.29, 1.82) is 0 Å². The third-order valence-corrected chi connectivity index (χ3v) is 3.74. The molecule has 2 aromatic heterocycles. The number of pyridine rings is 1. The van der Waals surface area contributed by atoms with E-state index in [9.17, 15) is 9.90 Å². The Morgan fingerprint density at radius 3 is 2.64 bits per heavy atom. The van der Waals surface area contributed by atoms with Gasteiger partial charge in [0.05, 0.1) is 6.61 Å². The first-order valence-electron chi connectivity index (χ1n) is 7.93. The molecule has 0 aliphatic carbocycles. The molecular formula is C18H18N4O3. The van der Waals surface area contributed by atoms with Crippen LogP contribution in [0.25, 0.3) is 11.4 Å². The number of carbonyl (C=O) groups excluding carboxylic acids is 1. The lowest BCUT2D eigenvalue weighted by atomic mass is 10.1. The van der Waals surface area contributed by atoms with Crippen LogP contribution in [0.5, 0.6) is 0 Å². The molecule has 2 N–H and O–H groups in total. The van der Waals surface area contributed by atoms with Crippen LogP contribution in [0.2, 0.25) is 0 Å². The normalized spacial score (nSPS) is 10.6. The maximum absolute atomic E-state index is 12.0. The number of nitrogens with zero attached hydrogens (tertiary/aromatic N) is 3. The van der Waals surface area contributed by atoms with Crippen molar-refractivity contribution in [3.05, 3.63) is 65.8 Å². The first-order valence-corrected chi connectivity index (χ1v) is 7.93. The fourth-order valence-electron chi connectivity index (χ4n) is 2.36. The highest BCUT2D eigenvalue weighted by atomic mass is 16.5. The van der Waals surface area contributed by atoms with E-state index in [0.717, 1.165) is 16.7 Å². The summed E-state index contributed by atoms with van der Waals surface area (Å²) in [6.07, 6.45) is 3.93. The van der Waals surface area contributed by atoms with E-state index in [1.807, 2.05) is 24.3 Å². The Labute approximate surface area is 144 Å². The zero-order chi connectivity index (χ0) is 17.5. The van der Waals surface area contributed by atoms with E-state index in [2.05, 4.69) is 20.4 Å². The average Bonchev–Trinajstić information content (AvgIpc) is 3.14. The monoisotopic (exact) mass is 338 g/mol. The molecule has 0 saturated heterocycles. The summed E-state index contributed by atoms with van der Waals surface area (Å²) >= 11 is 0. The summed E-state index contributed by atoms with van der Waals surface area (Å²) in [6, 6.07) is 11.0. The molecule has 0 fully saturated rings. The molecular weight excluding hydrogens is 320 g/mol. The highest BCUT2D eigenvalue weighted by molar-refractivity contribution is 5.76. The van der Waals surface area contributed by atoms with Crippen LogP contribution in [0.15, 0.2) is 53.3 Å². The lowest BCUT2D eigenvalue weighted by Crippen LogP contribution is -2.23. The van der Waals surface area contributed by atoms with E-state index >= 15 is 0 Å². The molecule has 0 atom stereocenters. The number of aromatic nitrogens is 3. The highest BCUT2D eigenvalue weighted by Crippen LogP contribution is 2.14. The minimum Gasteiger partial charge on any atom is -0.392 e. The number of nitrogens with one attached hydrogen (secondary N) is 1. The predicted molar refractivity (Wildman–Crippen MR) is 90.1 cm³/mol. The van der Waals surface area contributed by atoms with E-state index in [4.69, 9.17) is 4.52 Å². The SMILES string of the molecule is O=C(CCc1nc(-c2ccncc2)no1)NCc1ccccc1CO. The van der Waals surface area contributed by atoms with Gasteiger partial charge in [-0.1, -0.05) is 29.4 Å². The van der Waals surface area contributed by atoms with Gasteiger partial charge in [-0.05, 0) is 23.3 Å². The standard InChI is InChI=1S/C18H18N4O3/c23-12-15-4-2-1-3-14(15)11-20-16(24)5-6-17-21-18(22-25-17)13-7-9-19-10-8-13/h1-4,7-10,23H,5-6,11-12H2,(H,20,24). The van der Waals surface area contributed by atoms with Crippen LogP contribution < -0.4 is 5.32 Å². The van der Waals surface area contributed by atoms with Crippen LogP contribution in [0.1, 0.15) is 23.4 Å². The predicted octanol–water partition coefficient (Wildman–Crippen LogP) is 1.87. The van der Waals surface area contributed by atoms with Gasteiger partial charge in [0, 0.05) is 37.3 Å². The fourth-order valence-corrected chi connectivity index (χ4v) is 2.36. The van der Waals surface area contributed by atoms with Crippen LogP contribution in [-0.2, 0) is 24.4 Å². The van der Waals surface area contributed by atoms with Crippen LogP contribution in [0, 0.1) is 0 Å². The maximum atomic E-state index is 12.0. The van der Waals surface area contributed by atoms with Crippen LogP contribution in [-0.4, -0.2) is 26.1 Å². The largest absolute Gasteiger partial charge is 0.392 e. The number of aliphatic hydroxyl groups excluding tert-OH is 1. The molecule has 0 radical (unpaired) electrons. The smallest absolute Gasteiger partial charge is 0.227 e. The summed E-state index contributed by atoms with van der Waals surface area (Å²) in [5, 5.41) is 16.0. The Morgan fingerprint density at radius 1 is 1.12 bits per heavy atom. The van der Waals surface area contributed by atoms with Crippen molar-refractivity contribution in [2.45, 2.75) is 26.0 Å². The molecule has 0 unspecified atom stereocenters. The number of rotatable bonds is 7. The van der Waals surface area contributed by atoms with Gasteiger partial charge in [-0.2, -0.15) is 4.98 Å². The minimum absolute atomic E-state index is 0.0498. The zero-order valence-corrected chi connectivity index (χ0v) is 13.6. The van der Waals surface area contributed by atoms with Crippen LogP contribution in [0.4, 0.5) is 0 Å². The number of hydrogen-bond acceptors (Lipinski definition) is 6. The van der Waals surface area contributed by atoms with Crippen molar-refractivity contribution in [2.24, 2.45) is 0 Å². The third kappa shape index (κ3) is 4.48. The summed E-state index contributed by atoms with van der Waals surface area (Å²) < 4.78 is 5.17. The lowest BCUT2D eigenvalue weighted by Gasteiger charge is -2.08. The second-order valence-electron chi connectivity index (χ2n) is 5.45. The topological polar surface area (TPSA) is 101 Å². The van der Waals surface area contributed by atoms with Gasteiger partial charge in [-0.15, -0.1) is 0 Å². The molecule has 3 aromatic rings. The summed E-state index contributed by atoms with van der Waals surface area (Å²) in [7, 11) is 0. The minimum atomic E-state index is -0.114. The molecule has 2 heterocycles. The van der Waals surface area contributed by atoms with Crippen molar-refractivity contribution < 1.29 is 14.4 Å². The Balaban J connectivity index is 1.50. The van der Waals surface area contributed by atoms with Crippen molar-refractivity contribution in [1.82, 2.24) is 20.4 Å². The summed E-state index contributed by atoms with van der Waals surface area (Å²) in [5.41, 5.74) is 2.52. The van der Waals surface area contributed by atoms with E-state index in [0.29, 0.717) is 24.7 Å². The van der Waals surface area contributed by atoms with Crippen molar-refractivity contribution >= 4 is 5.91 Å². The number of aryl methyl sites for hydroxylation is 1. The third-order valence-electron chi connectivity index (χ3n) is 3.74. The number of carbonyl (C=O) groups is 1. The van der Waals surface area contributed by atoms with Crippen LogP contribution in [0.3, 0.4) is 0 Å². The molecule has 3 rings (SSSR count). The highest BCUT2D eigenvalue weighted by Gasteiger charge is 2.11. The molecule has 0 spiro atoms. The van der Waals surface area contributed by atoms with E-state index in [-0.39, 0.29) is 18.9 Å². The summed E-state index contributed by atoms with van der Waals surface area (Å²) in [4.78, 5) is 20.2. The molecule has 0 aliphatic heterocycles. The van der Waals surface area contributed by atoms with Gasteiger partial charge in [0.15, 0.2) is 0 Å². The molecule has 25 heavy (non-hydrogen) atoms. The van der Waals surface area contributed by atoms with E-state index in [1.54, 1.807) is 24.5 Å². The average molecular weight is 338 g/mol. The molecule has 0 saturated carbocycles. The summed E-state index contributed by atoms with van der Waals surface area (Å²) in [5.74, 6) is 0.781. The Kier molecular flexibility index (Phi) is 5.48. The van der Waals surface area contributed by atoms with Crippen molar-refractivity contribution in [2.75, 3.05) is 0 Å². The number of benzene rings is 1. The van der Waals surface area contributed by atoms with Crippen molar-refractivity contribution in [3.8, 4) is 11.4 Å². The number of amides is 1. The maximum Gasteiger partial charge on any atom is 0.227 e.